The number of sulfonamides is 1. The molecule has 1 N–H and O–H groups in total. The summed E-state index contributed by atoms with van der Waals surface area (Å²) in [5.74, 6) is -1.51. The third-order valence-corrected chi connectivity index (χ3v) is 6.45. The van der Waals surface area contributed by atoms with Crippen molar-refractivity contribution < 1.29 is 22.4 Å². The van der Waals surface area contributed by atoms with Crippen molar-refractivity contribution in [3.63, 3.8) is 0 Å². The summed E-state index contributed by atoms with van der Waals surface area (Å²) in [4.78, 5) is 27.3. The molecule has 2 amide bonds. The van der Waals surface area contributed by atoms with E-state index >= 15 is 0 Å². The zero-order chi connectivity index (χ0) is 24.8. The van der Waals surface area contributed by atoms with Gasteiger partial charge in [-0.25, -0.2) is 12.8 Å². The highest BCUT2D eigenvalue weighted by Crippen LogP contribution is 2.24. The Hall–Kier alpha value is -2.94. The Morgan fingerprint density at radius 3 is 2.39 bits per heavy atom. The SMILES string of the molecule is CCCNC(=O)C(C)N(Cc1ccccc1F)C(=O)CN(c1cc(C)ccc1C)S(C)(=O)=O. The number of rotatable bonds is 10. The Balaban J connectivity index is 2.43. The molecule has 1 atom stereocenters. The van der Waals surface area contributed by atoms with Gasteiger partial charge < -0.3 is 10.2 Å². The molecule has 1 unspecified atom stereocenters. The number of anilines is 1. The summed E-state index contributed by atoms with van der Waals surface area (Å²) in [5, 5.41) is 2.74. The van der Waals surface area contributed by atoms with E-state index in [1.54, 1.807) is 32.0 Å². The molecule has 180 valence electrons. The molecule has 2 aromatic carbocycles. The molecule has 0 aliphatic rings. The highest BCUT2D eigenvalue weighted by molar-refractivity contribution is 7.92. The van der Waals surface area contributed by atoms with Crippen LogP contribution in [-0.4, -0.2) is 50.5 Å². The first-order valence-electron chi connectivity index (χ1n) is 10.8. The lowest BCUT2D eigenvalue weighted by molar-refractivity contribution is -0.139. The molecule has 0 saturated carbocycles. The van der Waals surface area contributed by atoms with Crippen LogP contribution in [0.15, 0.2) is 42.5 Å². The Morgan fingerprint density at radius 2 is 1.79 bits per heavy atom. The third kappa shape index (κ3) is 7.02. The third-order valence-electron chi connectivity index (χ3n) is 5.33. The second kappa shape index (κ2) is 11.3. The topological polar surface area (TPSA) is 86.8 Å². The number of hydrogen-bond donors (Lipinski definition) is 1. The van der Waals surface area contributed by atoms with E-state index in [1.165, 1.54) is 23.1 Å². The highest BCUT2D eigenvalue weighted by atomic mass is 32.2. The zero-order valence-corrected chi connectivity index (χ0v) is 20.6. The monoisotopic (exact) mass is 477 g/mol. The van der Waals surface area contributed by atoms with Crippen LogP contribution in [0.3, 0.4) is 0 Å². The van der Waals surface area contributed by atoms with Gasteiger partial charge >= 0.3 is 0 Å². The summed E-state index contributed by atoms with van der Waals surface area (Å²) in [6, 6.07) is 10.4. The van der Waals surface area contributed by atoms with E-state index in [0.29, 0.717) is 24.2 Å². The van der Waals surface area contributed by atoms with E-state index < -0.39 is 34.3 Å². The van der Waals surface area contributed by atoms with Gasteiger partial charge in [0.15, 0.2) is 0 Å². The van der Waals surface area contributed by atoms with Crippen LogP contribution in [0, 0.1) is 19.7 Å². The normalized spacial score (nSPS) is 12.2. The predicted octanol–water partition coefficient (Wildman–Crippen LogP) is 3.15. The minimum atomic E-state index is -3.82. The number of hydrogen-bond acceptors (Lipinski definition) is 4. The maximum Gasteiger partial charge on any atom is 0.244 e. The average molecular weight is 478 g/mol. The van der Waals surface area contributed by atoms with Gasteiger partial charge in [-0.05, 0) is 50.5 Å². The summed E-state index contributed by atoms with van der Waals surface area (Å²) >= 11 is 0. The van der Waals surface area contributed by atoms with Gasteiger partial charge in [0, 0.05) is 18.7 Å². The fourth-order valence-corrected chi connectivity index (χ4v) is 4.27. The largest absolute Gasteiger partial charge is 0.354 e. The van der Waals surface area contributed by atoms with Crippen LogP contribution in [0.5, 0.6) is 0 Å². The standard InChI is InChI=1S/C24H32FN3O4S/c1-6-13-26-24(30)19(4)27(15-20-9-7-8-10-21(20)25)23(29)16-28(33(5,31)32)22-14-17(2)11-12-18(22)3/h7-12,14,19H,6,13,15-16H2,1-5H3,(H,26,30). The minimum absolute atomic E-state index is 0.170. The van der Waals surface area contributed by atoms with E-state index in [4.69, 9.17) is 0 Å². The maximum atomic E-state index is 14.3. The van der Waals surface area contributed by atoms with Crippen molar-refractivity contribution in [2.45, 2.75) is 46.7 Å². The van der Waals surface area contributed by atoms with Crippen molar-refractivity contribution in [2.24, 2.45) is 0 Å². The molecule has 0 radical (unpaired) electrons. The number of halogens is 1. The minimum Gasteiger partial charge on any atom is -0.354 e. The van der Waals surface area contributed by atoms with Crippen molar-refractivity contribution in [1.82, 2.24) is 10.2 Å². The molecule has 0 aliphatic heterocycles. The Bertz CT molecular complexity index is 1100. The van der Waals surface area contributed by atoms with Crippen LogP contribution >= 0.6 is 0 Å². The van der Waals surface area contributed by atoms with Gasteiger partial charge in [0.05, 0.1) is 11.9 Å². The number of aryl methyl sites for hydroxylation is 2. The van der Waals surface area contributed by atoms with Crippen LogP contribution in [0.2, 0.25) is 0 Å². The zero-order valence-electron chi connectivity index (χ0n) is 19.8. The number of carbonyl (C=O) groups is 2. The number of amides is 2. The number of carbonyl (C=O) groups excluding carboxylic acids is 2. The van der Waals surface area contributed by atoms with Crippen molar-refractivity contribution in [3.05, 3.63) is 65.0 Å². The van der Waals surface area contributed by atoms with Gasteiger partial charge in [-0.1, -0.05) is 37.3 Å². The summed E-state index contributed by atoms with van der Waals surface area (Å²) in [7, 11) is -3.82. The Kier molecular flexibility index (Phi) is 8.99. The Morgan fingerprint density at radius 1 is 1.12 bits per heavy atom. The molecule has 0 spiro atoms. The lowest BCUT2D eigenvalue weighted by atomic mass is 10.1. The summed E-state index contributed by atoms with van der Waals surface area (Å²) in [6.45, 7) is 6.79. The van der Waals surface area contributed by atoms with Crippen LogP contribution in [0.1, 0.15) is 37.0 Å². The van der Waals surface area contributed by atoms with Gasteiger partial charge in [-0.2, -0.15) is 0 Å². The molecule has 0 fully saturated rings. The smallest absolute Gasteiger partial charge is 0.244 e. The quantitative estimate of drug-likeness (QED) is 0.570. The molecular formula is C24H32FN3O4S. The van der Waals surface area contributed by atoms with Crippen LogP contribution in [-0.2, 0) is 26.2 Å². The van der Waals surface area contributed by atoms with Gasteiger partial charge in [-0.3, -0.25) is 13.9 Å². The van der Waals surface area contributed by atoms with Crippen molar-refractivity contribution in [1.29, 1.82) is 0 Å². The van der Waals surface area contributed by atoms with Gasteiger partial charge in [0.25, 0.3) is 0 Å². The van der Waals surface area contributed by atoms with Crippen molar-refractivity contribution in [3.8, 4) is 0 Å². The summed E-state index contributed by atoms with van der Waals surface area (Å²) in [5.41, 5.74) is 2.15. The second-order valence-electron chi connectivity index (χ2n) is 8.14. The van der Waals surface area contributed by atoms with Crippen molar-refractivity contribution >= 4 is 27.5 Å². The van der Waals surface area contributed by atoms with Crippen LogP contribution in [0.25, 0.3) is 0 Å². The molecule has 0 bridgehead atoms. The molecule has 9 heteroatoms. The van der Waals surface area contributed by atoms with Gasteiger partial charge in [0.2, 0.25) is 21.8 Å². The summed E-state index contributed by atoms with van der Waals surface area (Å²) in [6.07, 6.45) is 1.74. The first kappa shape index (κ1) is 26.3. The lowest BCUT2D eigenvalue weighted by Gasteiger charge is -2.32. The number of nitrogens with zero attached hydrogens (tertiary/aromatic N) is 2. The van der Waals surface area contributed by atoms with E-state index in [-0.39, 0.29) is 18.0 Å². The first-order valence-corrected chi connectivity index (χ1v) is 12.7. The van der Waals surface area contributed by atoms with E-state index in [9.17, 15) is 22.4 Å². The number of benzene rings is 2. The van der Waals surface area contributed by atoms with Gasteiger partial charge in [0.1, 0.15) is 18.4 Å². The second-order valence-corrected chi connectivity index (χ2v) is 10.0. The molecule has 0 heterocycles. The molecule has 33 heavy (non-hydrogen) atoms. The fourth-order valence-electron chi connectivity index (χ4n) is 3.37. The molecule has 0 aliphatic carbocycles. The fraction of sp³-hybridized carbons (Fsp3) is 0.417. The predicted molar refractivity (Wildman–Crippen MR) is 128 cm³/mol. The van der Waals surface area contributed by atoms with Crippen LogP contribution < -0.4 is 9.62 Å². The van der Waals surface area contributed by atoms with E-state index in [0.717, 1.165) is 16.1 Å². The van der Waals surface area contributed by atoms with Gasteiger partial charge in [-0.15, -0.1) is 0 Å². The maximum absolute atomic E-state index is 14.3. The molecule has 2 aromatic rings. The molecule has 2 rings (SSSR count). The molecule has 0 saturated heterocycles. The lowest BCUT2D eigenvalue weighted by Crippen LogP contribution is -2.51. The summed E-state index contributed by atoms with van der Waals surface area (Å²) < 4.78 is 40.6. The van der Waals surface area contributed by atoms with E-state index in [1.807, 2.05) is 19.9 Å². The average Bonchev–Trinajstić information content (AvgIpc) is 2.75. The Labute approximate surface area is 195 Å². The first-order chi connectivity index (χ1) is 15.5. The number of nitrogens with one attached hydrogen (secondary N) is 1. The molecule has 7 nitrogen and oxygen atoms in total. The molecule has 0 aromatic heterocycles. The molecular weight excluding hydrogens is 445 g/mol. The highest BCUT2D eigenvalue weighted by Gasteiger charge is 2.31. The van der Waals surface area contributed by atoms with Crippen molar-refractivity contribution in [2.75, 3.05) is 23.7 Å². The van der Waals surface area contributed by atoms with E-state index in [2.05, 4.69) is 5.32 Å². The van der Waals surface area contributed by atoms with Crippen LogP contribution in [0.4, 0.5) is 10.1 Å².